The third-order valence-electron chi connectivity index (χ3n) is 2.60. The Morgan fingerprint density at radius 2 is 1.71 bits per heavy atom. The molecule has 0 bridgehead atoms. The lowest BCUT2D eigenvalue weighted by atomic mass is 10.1. The van der Waals surface area contributed by atoms with E-state index in [1.807, 2.05) is 20.8 Å². The zero-order valence-corrected chi connectivity index (χ0v) is 11.4. The van der Waals surface area contributed by atoms with Crippen LogP contribution in [0.5, 0.6) is 0 Å². The summed E-state index contributed by atoms with van der Waals surface area (Å²) in [6.07, 6.45) is 6.27. The molecule has 0 N–H and O–H groups in total. The van der Waals surface area contributed by atoms with Crippen LogP contribution in [0.25, 0.3) is 0 Å². The van der Waals surface area contributed by atoms with E-state index in [4.69, 9.17) is 14.5 Å². The van der Waals surface area contributed by atoms with Gasteiger partial charge in [0, 0.05) is 6.42 Å². The zero-order chi connectivity index (χ0) is 12.9. The summed E-state index contributed by atoms with van der Waals surface area (Å²) < 4.78 is 5.25. The molecule has 0 radical (unpaired) electrons. The number of hydrogen-bond donors (Lipinski definition) is 0. The second kappa shape index (κ2) is 5.83. The van der Waals surface area contributed by atoms with Crippen LogP contribution in [0.15, 0.2) is 0 Å². The van der Waals surface area contributed by atoms with Crippen molar-refractivity contribution < 1.29 is 19.3 Å². The highest BCUT2D eigenvalue weighted by molar-refractivity contribution is 5.79. The van der Waals surface area contributed by atoms with Crippen molar-refractivity contribution in [2.24, 2.45) is 0 Å². The van der Waals surface area contributed by atoms with Gasteiger partial charge in [0.2, 0.25) is 0 Å². The molecule has 4 heteroatoms. The van der Waals surface area contributed by atoms with Gasteiger partial charge >= 0.3 is 11.8 Å². The van der Waals surface area contributed by atoms with Crippen LogP contribution in [-0.2, 0) is 19.3 Å². The van der Waals surface area contributed by atoms with E-state index < -0.39 is 17.4 Å². The van der Waals surface area contributed by atoms with Crippen LogP contribution in [0.1, 0.15) is 66.2 Å². The molecule has 0 aliphatic carbocycles. The van der Waals surface area contributed by atoms with E-state index in [2.05, 4.69) is 6.92 Å². The maximum absolute atomic E-state index is 11.8. The fourth-order valence-corrected chi connectivity index (χ4v) is 1.62. The Labute approximate surface area is 104 Å². The summed E-state index contributed by atoms with van der Waals surface area (Å²) in [5.41, 5.74) is -0.498. The number of esters is 1. The van der Waals surface area contributed by atoms with Gasteiger partial charge in [-0.05, 0) is 27.2 Å². The van der Waals surface area contributed by atoms with Gasteiger partial charge in [0.1, 0.15) is 5.60 Å². The van der Waals surface area contributed by atoms with Gasteiger partial charge in [0.15, 0.2) is 0 Å². The summed E-state index contributed by atoms with van der Waals surface area (Å²) in [4.78, 5) is 21.5. The van der Waals surface area contributed by atoms with Crippen LogP contribution >= 0.6 is 0 Å². The second-order valence-corrected chi connectivity index (χ2v) is 5.59. The summed E-state index contributed by atoms with van der Waals surface area (Å²) in [6.45, 7) is 7.68. The summed E-state index contributed by atoms with van der Waals surface area (Å²) >= 11 is 0. The Kier molecular flexibility index (Phi) is 4.95. The number of hydrogen-bond acceptors (Lipinski definition) is 4. The van der Waals surface area contributed by atoms with Gasteiger partial charge in [0.25, 0.3) is 0 Å². The van der Waals surface area contributed by atoms with Crippen molar-refractivity contribution in [3.05, 3.63) is 0 Å². The Morgan fingerprint density at radius 3 is 2.18 bits per heavy atom. The van der Waals surface area contributed by atoms with Crippen molar-refractivity contribution in [1.82, 2.24) is 0 Å². The highest BCUT2D eigenvalue weighted by atomic mass is 17.4. The molecular formula is C13H24O4. The fourth-order valence-electron chi connectivity index (χ4n) is 1.62. The first kappa shape index (κ1) is 14.5. The number of carbonyl (C=O) groups is 1. The van der Waals surface area contributed by atoms with Crippen molar-refractivity contribution in [3.8, 4) is 0 Å². The van der Waals surface area contributed by atoms with Gasteiger partial charge < -0.3 is 4.74 Å². The van der Waals surface area contributed by atoms with E-state index in [1.54, 1.807) is 0 Å². The van der Waals surface area contributed by atoms with Crippen LogP contribution < -0.4 is 0 Å². The third kappa shape index (κ3) is 5.04. The topological polar surface area (TPSA) is 51.4 Å². The average Bonchev–Trinajstić information content (AvgIpc) is 2.96. The van der Waals surface area contributed by atoms with E-state index in [1.165, 1.54) is 19.3 Å². The second-order valence-electron chi connectivity index (χ2n) is 5.59. The van der Waals surface area contributed by atoms with Crippen LogP contribution in [-0.4, -0.2) is 17.4 Å². The fraction of sp³-hybridized carbons (Fsp3) is 0.923. The molecule has 0 spiro atoms. The monoisotopic (exact) mass is 244 g/mol. The summed E-state index contributed by atoms with van der Waals surface area (Å²) in [7, 11) is 0. The van der Waals surface area contributed by atoms with Gasteiger partial charge in [-0.15, -0.1) is 0 Å². The smallest absolute Gasteiger partial charge is 0.373 e. The van der Waals surface area contributed by atoms with Crippen molar-refractivity contribution in [1.29, 1.82) is 0 Å². The van der Waals surface area contributed by atoms with E-state index in [0.29, 0.717) is 6.42 Å². The van der Waals surface area contributed by atoms with Crippen LogP contribution in [0.4, 0.5) is 0 Å². The molecule has 0 unspecified atom stereocenters. The maximum atomic E-state index is 11.8. The van der Waals surface area contributed by atoms with Crippen LogP contribution in [0.2, 0.25) is 0 Å². The minimum Gasteiger partial charge on any atom is -0.456 e. The van der Waals surface area contributed by atoms with Gasteiger partial charge in [-0.2, -0.15) is 9.78 Å². The predicted octanol–water partition coefficient (Wildman–Crippen LogP) is 3.35. The normalized spacial score (nSPS) is 17.9. The molecule has 17 heavy (non-hydrogen) atoms. The molecular weight excluding hydrogens is 220 g/mol. The summed E-state index contributed by atoms with van der Waals surface area (Å²) in [5.74, 6) is -1.50. The number of carbonyl (C=O) groups excluding carboxylic acids is 1. The van der Waals surface area contributed by atoms with Crippen molar-refractivity contribution in [3.63, 3.8) is 0 Å². The van der Waals surface area contributed by atoms with Gasteiger partial charge in [-0.1, -0.05) is 32.6 Å². The van der Waals surface area contributed by atoms with E-state index in [0.717, 1.165) is 12.8 Å². The number of unbranched alkanes of at least 4 members (excludes halogenated alkanes) is 4. The molecule has 1 fully saturated rings. The highest BCUT2D eigenvalue weighted by Crippen LogP contribution is 2.37. The van der Waals surface area contributed by atoms with E-state index in [-0.39, 0.29) is 0 Å². The molecule has 0 aromatic carbocycles. The lowest BCUT2D eigenvalue weighted by molar-refractivity contribution is -0.163. The lowest BCUT2D eigenvalue weighted by Crippen LogP contribution is -2.34. The van der Waals surface area contributed by atoms with Crippen molar-refractivity contribution >= 4 is 5.97 Å². The molecule has 1 saturated heterocycles. The molecule has 0 atom stereocenters. The SMILES string of the molecule is CCCCCCCC1(C(=O)OC(C)(C)C)OO1. The lowest BCUT2D eigenvalue weighted by Gasteiger charge is -2.20. The predicted molar refractivity (Wildman–Crippen MR) is 64.1 cm³/mol. The quantitative estimate of drug-likeness (QED) is 0.298. The van der Waals surface area contributed by atoms with Gasteiger partial charge in [-0.25, -0.2) is 4.79 Å². The van der Waals surface area contributed by atoms with Crippen molar-refractivity contribution in [2.75, 3.05) is 0 Å². The molecule has 0 amide bonds. The first-order valence-electron chi connectivity index (χ1n) is 6.50. The molecule has 0 saturated carbocycles. The molecule has 1 aliphatic heterocycles. The minimum atomic E-state index is -1.10. The molecule has 0 aromatic heterocycles. The highest BCUT2D eigenvalue weighted by Gasteiger charge is 2.58. The molecule has 0 aromatic rings. The van der Waals surface area contributed by atoms with Crippen LogP contribution in [0, 0.1) is 0 Å². The largest absolute Gasteiger partial charge is 0.456 e. The average molecular weight is 244 g/mol. The third-order valence-corrected chi connectivity index (χ3v) is 2.60. The molecule has 4 nitrogen and oxygen atoms in total. The van der Waals surface area contributed by atoms with Gasteiger partial charge in [-0.3, -0.25) is 0 Å². The molecule has 1 heterocycles. The number of ether oxygens (including phenoxy) is 1. The molecule has 1 rings (SSSR count). The molecule has 1 aliphatic rings. The number of rotatable bonds is 7. The van der Waals surface area contributed by atoms with Gasteiger partial charge in [0.05, 0.1) is 0 Å². The Hall–Kier alpha value is -0.610. The minimum absolute atomic E-state index is 0.402. The summed E-state index contributed by atoms with van der Waals surface area (Å²) in [6, 6.07) is 0. The van der Waals surface area contributed by atoms with E-state index in [9.17, 15) is 4.79 Å². The van der Waals surface area contributed by atoms with Crippen molar-refractivity contribution in [2.45, 2.75) is 77.6 Å². The maximum Gasteiger partial charge on any atom is 0.373 e. The Bertz CT molecular complexity index is 251. The zero-order valence-electron chi connectivity index (χ0n) is 11.4. The molecule has 100 valence electrons. The Morgan fingerprint density at radius 1 is 1.12 bits per heavy atom. The first-order chi connectivity index (χ1) is 7.90. The standard InChI is InChI=1S/C13H24O4/c1-5-6-7-8-9-10-13(16-17-13)11(14)15-12(2,3)4/h5-10H2,1-4H3. The summed E-state index contributed by atoms with van der Waals surface area (Å²) in [5, 5.41) is 0. The first-order valence-corrected chi connectivity index (χ1v) is 6.50. The van der Waals surface area contributed by atoms with E-state index >= 15 is 0 Å². The Balaban J connectivity index is 2.24. The van der Waals surface area contributed by atoms with Crippen LogP contribution in [0.3, 0.4) is 0 Å².